The van der Waals surface area contributed by atoms with Crippen LogP contribution < -0.4 is 16.0 Å². The summed E-state index contributed by atoms with van der Waals surface area (Å²) in [4.78, 5) is 25.6. The highest BCUT2D eigenvalue weighted by atomic mass is 16.2. The number of amides is 3. The molecular formula is C14H26N4O2. The van der Waals surface area contributed by atoms with Crippen molar-refractivity contribution in [1.82, 2.24) is 20.9 Å². The Kier molecular flexibility index (Phi) is 4.65. The first kappa shape index (κ1) is 15.3. The summed E-state index contributed by atoms with van der Waals surface area (Å²) in [7, 11) is 0. The van der Waals surface area contributed by atoms with Crippen molar-refractivity contribution in [2.24, 2.45) is 5.92 Å². The molecule has 0 aromatic rings. The summed E-state index contributed by atoms with van der Waals surface area (Å²) < 4.78 is 0. The van der Waals surface area contributed by atoms with Gasteiger partial charge in [0, 0.05) is 24.7 Å². The zero-order valence-corrected chi connectivity index (χ0v) is 12.7. The number of nitrogens with zero attached hydrogens (tertiary/aromatic N) is 1. The zero-order chi connectivity index (χ0) is 14.8. The van der Waals surface area contributed by atoms with Crippen LogP contribution in [0.15, 0.2) is 0 Å². The molecule has 3 N–H and O–H groups in total. The van der Waals surface area contributed by atoms with E-state index in [0.717, 1.165) is 26.1 Å². The predicted octanol–water partition coefficient (Wildman–Crippen LogP) is 0.295. The number of carbonyl (C=O) groups excluding carboxylic acids is 2. The van der Waals surface area contributed by atoms with Crippen LogP contribution >= 0.6 is 0 Å². The third-order valence-corrected chi connectivity index (χ3v) is 3.85. The number of rotatable bonds is 2. The van der Waals surface area contributed by atoms with Crippen molar-refractivity contribution >= 4 is 11.9 Å². The summed E-state index contributed by atoms with van der Waals surface area (Å²) >= 11 is 0. The third kappa shape index (κ3) is 4.45. The van der Waals surface area contributed by atoms with Gasteiger partial charge in [-0.15, -0.1) is 0 Å². The van der Waals surface area contributed by atoms with Crippen molar-refractivity contribution < 1.29 is 9.59 Å². The Morgan fingerprint density at radius 1 is 1.30 bits per heavy atom. The van der Waals surface area contributed by atoms with Gasteiger partial charge < -0.3 is 10.6 Å². The van der Waals surface area contributed by atoms with Crippen molar-refractivity contribution in [3.63, 3.8) is 0 Å². The van der Waals surface area contributed by atoms with E-state index in [4.69, 9.17) is 0 Å². The van der Waals surface area contributed by atoms with E-state index < -0.39 is 6.03 Å². The molecule has 2 aliphatic rings. The molecule has 6 nitrogen and oxygen atoms in total. The van der Waals surface area contributed by atoms with Crippen molar-refractivity contribution in [3.8, 4) is 0 Å². The molecule has 114 valence electrons. The van der Waals surface area contributed by atoms with Gasteiger partial charge in [0.15, 0.2) is 0 Å². The highest BCUT2D eigenvalue weighted by Crippen LogP contribution is 2.24. The molecule has 2 heterocycles. The fourth-order valence-corrected chi connectivity index (χ4v) is 3.01. The monoisotopic (exact) mass is 282 g/mol. The van der Waals surface area contributed by atoms with Gasteiger partial charge in [-0.25, -0.2) is 4.79 Å². The molecule has 2 rings (SSSR count). The van der Waals surface area contributed by atoms with E-state index in [1.165, 1.54) is 6.42 Å². The van der Waals surface area contributed by atoms with Gasteiger partial charge in [-0.3, -0.25) is 15.0 Å². The van der Waals surface area contributed by atoms with Crippen LogP contribution in [0.5, 0.6) is 0 Å². The van der Waals surface area contributed by atoms with E-state index in [1.807, 2.05) is 20.8 Å². The second kappa shape index (κ2) is 6.10. The number of nitrogens with one attached hydrogen (secondary N) is 3. The fourth-order valence-electron chi connectivity index (χ4n) is 3.01. The molecule has 3 amide bonds. The molecule has 0 spiro atoms. The SMILES string of the molecule is CC(C)(C)NC(=O)NC(=O)CN1CCC2NCCC2C1. The topological polar surface area (TPSA) is 73.5 Å². The second-order valence-corrected chi connectivity index (χ2v) is 6.89. The predicted molar refractivity (Wildman–Crippen MR) is 77.4 cm³/mol. The standard InChI is InChI=1S/C14H26N4O2/c1-14(2,3)17-13(20)16-12(19)9-18-7-5-11-10(8-18)4-6-15-11/h10-11,15H,4-9H2,1-3H3,(H2,16,17,19,20). The fraction of sp³-hybridized carbons (Fsp3) is 0.857. The summed E-state index contributed by atoms with van der Waals surface area (Å²) in [6.45, 7) is 8.91. The van der Waals surface area contributed by atoms with Crippen LogP contribution in [0.4, 0.5) is 4.79 Å². The van der Waals surface area contributed by atoms with Crippen LogP contribution in [0.3, 0.4) is 0 Å². The zero-order valence-electron chi connectivity index (χ0n) is 12.7. The molecule has 0 bridgehead atoms. The van der Waals surface area contributed by atoms with E-state index in [9.17, 15) is 9.59 Å². The van der Waals surface area contributed by atoms with Gasteiger partial charge in [-0.2, -0.15) is 0 Å². The normalized spacial score (nSPS) is 26.9. The van der Waals surface area contributed by atoms with Gasteiger partial charge in [0.1, 0.15) is 0 Å². The van der Waals surface area contributed by atoms with Crippen LogP contribution in [0.1, 0.15) is 33.6 Å². The number of piperidine rings is 1. The molecule has 0 radical (unpaired) electrons. The summed E-state index contributed by atoms with van der Waals surface area (Å²) in [6, 6.07) is 0.207. The molecule has 2 aliphatic heterocycles. The van der Waals surface area contributed by atoms with Crippen molar-refractivity contribution in [1.29, 1.82) is 0 Å². The largest absolute Gasteiger partial charge is 0.333 e. The van der Waals surface area contributed by atoms with Crippen LogP contribution in [-0.2, 0) is 4.79 Å². The number of carbonyl (C=O) groups is 2. The highest BCUT2D eigenvalue weighted by molar-refractivity contribution is 5.95. The van der Waals surface area contributed by atoms with Crippen LogP contribution in [0, 0.1) is 5.92 Å². The number of urea groups is 1. The van der Waals surface area contributed by atoms with Crippen LogP contribution in [-0.4, -0.2) is 54.6 Å². The van der Waals surface area contributed by atoms with Crippen LogP contribution in [0.2, 0.25) is 0 Å². The maximum absolute atomic E-state index is 11.9. The van der Waals surface area contributed by atoms with Gasteiger partial charge in [-0.1, -0.05) is 0 Å². The van der Waals surface area contributed by atoms with Gasteiger partial charge in [0.05, 0.1) is 6.54 Å². The lowest BCUT2D eigenvalue weighted by Crippen LogP contribution is -2.52. The Labute approximate surface area is 120 Å². The number of hydrogen-bond acceptors (Lipinski definition) is 4. The van der Waals surface area contributed by atoms with Gasteiger partial charge in [0.25, 0.3) is 0 Å². The molecule has 20 heavy (non-hydrogen) atoms. The van der Waals surface area contributed by atoms with Crippen molar-refractivity contribution in [2.75, 3.05) is 26.2 Å². The van der Waals surface area contributed by atoms with Gasteiger partial charge in [0.2, 0.25) is 5.91 Å². The Bertz CT molecular complexity index is 378. The number of likely N-dealkylation sites (tertiary alicyclic amines) is 1. The first-order chi connectivity index (χ1) is 9.33. The van der Waals surface area contributed by atoms with Crippen molar-refractivity contribution in [2.45, 2.75) is 45.2 Å². The minimum atomic E-state index is -0.417. The summed E-state index contributed by atoms with van der Waals surface area (Å²) in [5.74, 6) is 0.427. The lowest BCUT2D eigenvalue weighted by Gasteiger charge is -2.34. The molecule has 0 saturated carbocycles. The van der Waals surface area contributed by atoms with Crippen LogP contribution in [0.25, 0.3) is 0 Å². The Morgan fingerprint density at radius 2 is 2.05 bits per heavy atom. The summed E-state index contributed by atoms with van der Waals surface area (Å²) in [6.07, 6.45) is 2.28. The van der Waals surface area contributed by atoms with E-state index in [0.29, 0.717) is 18.5 Å². The maximum atomic E-state index is 11.9. The highest BCUT2D eigenvalue weighted by Gasteiger charge is 2.33. The minimum absolute atomic E-state index is 0.226. The summed E-state index contributed by atoms with van der Waals surface area (Å²) in [5, 5.41) is 8.62. The minimum Gasteiger partial charge on any atom is -0.333 e. The van der Waals surface area contributed by atoms with Crippen molar-refractivity contribution in [3.05, 3.63) is 0 Å². The first-order valence-electron chi connectivity index (χ1n) is 7.41. The number of fused-ring (bicyclic) bond motifs is 1. The van der Waals surface area contributed by atoms with E-state index >= 15 is 0 Å². The Balaban J connectivity index is 1.73. The average Bonchev–Trinajstić information content (AvgIpc) is 2.72. The molecule has 2 fully saturated rings. The maximum Gasteiger partial charge on any atom is 0.321 e. The molecule has 2 unspecified atom stereocenters. The smallest absolute Gasteiger partial charge is 0.321 e. The van der Waals surface area contributed by atoms with Gasteiger partial charge in [-0.05, 0) is 46.1 Å². The van der Waals surface area contributed by atoms with E-state index in [-0.39, 0.29) is 11.4 Å². The summed E-state index contributed by atoms with van der Waals surface area (Å²) in [5.41, 5.74) is -0.335. The van der Waals surface area contributed by atoms with Gasteiger partial charge >= 0.3 is 6.03 Å². The molecular weight excluding hydrogens is 256 g/mol. The third-order valence-electron chi connectivity index (χ3n) is 3.85. The molecule has 2 atom stereocenters. The molecule has 2 saturated heterocycles. The molecule has 0 aliphatic carbocycles. The molecule has 0 aromatic heterocycles. The average molecular weight is 282 g/mol. The van der Waals surface area contributed by atoms with E-state index in [1.54, 1.807) is 0 Å². The number of imide groups is 1. The first-order valence-corrected chi connectivity index (χ1v) is 7.41. The second-order valence-electron chi connectivity index (χ2n) is 6.89. The van der Waals surface area contributed by atoms with E-state index in [2.05, 4.69) is 20.9 Å². The lowest BCUT2D eigenvalue weighted by atomic mass is 9.93. The Morgan fingerprint density at radius 3 is 2.75 bits per heavy atom. The quantitative estimate of drug-likeness (QED) is 0.681. The lowest BCUT2D eigenvalue weighted by molar-refractivity contribution is -0.121. The number of hydrogen-bond donors (Lipinski definition) is 3. The molecule has 0 aromatic carbocycles. The Hall–Kier alpha value is -1.14. The molecule has 6 heteroatoms.